The summed E-state index contributed by atoms with van der Waals surface area (Å²) in [6.07, 6.45) is 0. The van der Waals surface area contributed by atoms with Crippen LogP contribution in [0.15, 0.2) is 27.5 Å². The van der Waals surface area contributed by atoms with E-state index in [4.69, 9.17) is 9.63 Å². The lowest BCUT2D eigenvalue weighted by Crippen LogP contribution is -2.28. The molecule has 6 heteroatoms. The van der Waals surface area contributed by atoms with E-state index >= 15 is 0 Å². The monoisotopic (exact) mass is 248 g/mol. The van der Waals surface area contributed by atoms with Crippen LogP contribution in [0.1, 0.15) is 27.5 Å². The number of aromatic carboxylic acids is 1. The van der Waals surface area contributed by atoms with Crippen LogP contribution < -0.4 is 5.56 Å². The Morgan fingerprint density at radius 3 is 2.72 bits per heavy atom. The first kappa shape index (κ1) is 12.1. The Morgan fingerprint density at radius 1 is 1.44 bits per heavy atom. The van der Waals surface area contributed by atoms with Gasteiger partial charge in [-0.05, 0) is 26.0 Å². The molecular weight excluding hydrogens is 236 g/mol. The molecule has 0 amide bonds. The van der Waals surface area contributed by atoms with Crippen LogP contribution in [0.3, 0.4) is 0 Å². The maximum absolute atomic E-state index is 12.0. The molecule has 0 aliphatic rings. The SMILES string of the molecule is Cc1cc(Cn2c(C)ccc(C(=O)O)c2=O)no1. The molecule has 0 atom stereocenters. The van der Waals surface area contributed by atoms with Crippen LogP contribution >= 0.6 is 0 Å². The number of carboxylic acid groups (broad SMARTS) is 1. The number of carboxylic acids is 1. The van der Waals surface area contributed by atoms with E-state index in [1.54, 1.807) is 26.0 Å². The molecule has 0 unspecified atom stereocenters. The number of hydrogen-bond donors (Lipinski definition) is 1. The van der Waals surface area contributed by atoms with Gasteiger partial charge in [-0.25, -0.2) is 4.79 Å². The number of pyridine rings is 1. The third-order valence-corrected chi connectivity index (χ3v) is 2.62. The summed E-state index contributed by atoms with van der Waals surface area (Å²) < 4.78 is 6.27. The Morgan fingerprint density at radius 2 is 2.17 bits per heavy atom. The molecule has 0 bridgehead atoms. The first-order chi connectivity index (χ1) is 8.49. The van der Waals surface area contributed by atoms with Crippen LogP contribution in [0, 0.1) is 13.8 Å². The van der Waals surface area contributed by atoms with Gasteiger partial charge in [-0.2, -0.15) is 0 Å². The van der Waals surface area contributed by atoms with Crippen LogP contribution in [0.2, 0.25) is 0 Å². The van der Waals surface area contributed by atoms with Gasteiger partial charge in [-0.3, -0.25) is 4.79 Å². The molecule has 6 nitrogen and oxygen atoms in total. The van der Waals surface area contributed by atoms with E-state index in [0.29, 0.717) is 17.1 Å². The van der Waals surface area contributed by atoms with Crippen molar-refractivity contribution in [3.63, 3.8) is 0 Å². The summed E-state index contributed by atoms with van der Waals surface area (Å²) in [7, 11) is 0. The van der Waals surface area contributed by atoms with Crippen LogP contribution in [-0.2, 0) is 6.54 Å². The molecule has 0 radical (unpaired) electrons. The van der Waals surface area contributed by atoms with E-state index in [2.05, 4.69) is 5.16 Å². The Balaban J connectivity index is 2.47. The predicted octanol–water partition coefficient (Wildman–Crippen LogP) is 1.20. The van der Waals surface area contributed by atoms with Gasteiger partial charge < -0.3 is 14.2 Å². The number of carbonyl (C=O) groups is 1. The Kier molecular flexibility index (Phi) is 3.01. The van der Waals surface area contributed by atoms with E-state index in [9.17, 15) is 9.59 Å². The predicted molar refractivity (Wildman–Crippen MR) is 62.7 cm³/mol. The molecule has 94 valence electrons. The molecule has 0 fully saturated rings. The van der Waals surface area contributed by atoms with Crippen molar-refractivity contribution in [2.24, 2.45) is 0 Å². The molecule has 2 aromatic rings. The fraction of sp³-hybridized carbons (Fsp3) is 0.250. The summed E-state index contributed by atoms with van der Waals surface area (Å²) in [4.78, 5) is 22.9. The second-order valence-electron chi connectivity index (χ2n) is 4.01. The number of hydrogen-bond acceptors (Lipinski definition) is 4. The fourth-order valence-electron chi connectivity index (χ4n) is 1.68. The van der Waals surface area contributed by atoms with Crippen LogP contribution in [0.4, 0.5) is 0 Å². The Bertz CT molecular complexity index is 654. The van der Waals surface area contributed by atoms with E-state index in [-0.39, 0.29) is 12.1 Å². The highest BCUT2D eigenvalue weighted by atomic mass is 16.5. The molecule has 0 aromatic carbocycles. The van der Waals surface area contributed by atoms with E-state index in [1.807, 2.05) is 0 Å². The quantitative estimate of drug-likeness (QED) is 0.882. The van der Waals surface area contributed by atoms with Gasteiger partial charge in [0.25, 0.3) is 5.56 Å². The smallest absolute Gasteiger partial charge is 0.341 e. The van der Waals surface area contributed by atoms with Gasteiger partial charge in [0, 0.05) is 11.8 Å². The molecule has 0 aliphatic heterocycles. The summed E-state index contributed by atoms with van der Waals surface area (Å²) >= 11 is 0. The molecule has 0 aliphatic carbocycles. The summed E-state index contributed by atoms with van der Waals surface area (Å²) in [5, 5.41) is 12.7. The highest BCUT2D eigenvalue weighted by Crippen LogP contribution is 2.06. The normalized spacial score (nSPS) is 10.6. The summed E-state index contributed by atoms with van der Waals surface area (Å²) in [6, 6.07) is 4.61. The number of aromatic nitrogens is 2. The molecule has 2 rings (SSSR count). The first-order valence-electron chi connectivity index (χ1n) is 5.35. The largest absolute Gasteiger partial charge is 0.477 e. The second-order valence-corrected chi connectivity index (χ2v) is 4.01. The highest BCUT2D eigenvalue weighted by Gasteiger charge is 2.13. The third kappa shape index (κ3) is 2.17. The molecule has 0 saturated carbocycles. The average molecular weight is 248 g/mol. The van der Waals surface area contributed by atoms with E-state index in [1.165, 1.54) is 10.6 Å². The topological polar surface area (TPSA) is 85.3 Å². The minimum Gasteiger partial charge on any atom is -0.477 e. The summed E-state index contributed by atoms with van der Waals surface area (Å²) in [5.74, 6) is -0.588. The van der Waals surface area contributed by atoms with Gasteiger partial charge >= 0.3 is 5.97 Å². The zero-order valence-electron chi connectivity index (χ0n) is 10.0. The highest BCUT2D eigenvalue weighted by molar-refractivity contribution is 5.87. The lowest BCUT2D eigenvalue weighted by atomic mass is 10.2. The molecule has 0 spiro atoms. The molecule has 18 heavy (non-hydrogen) atoms. The molecule has 1 N–H and O–H groups in total. The van der Waals surface area contributed by atoms with E-state index < -0.39 is 11.5 Å². The third-order valence-electron chi connectivity index (χ3n) is 2.62. The van der Waals surface area contributed by atoms with Gasteiger partial charge in [0.15, 0.2) is 0 Å². The average Bonchev–Trinajstić information content (AvgIpc) is 2.69. The van der Waals surface area contributed by atoms with Crippen LogP contribution in [-0.4, -0.2) is 20.8 Å². The number of aryl methyl sites for hydroxylation is 2. The summed E-state index contributed by atoms with van der Waals surface area (Å²) in [6.45, 7) is 3.68. The Labute approximate surface area is 102 Å². The van der Waals surface area contributed by atoms with Crippen LogP contribution in [0.25, 0.3) is 0 Å². The van der Waals surface area contributed by atoms with Crippen molar-refractivity contribution in [2.45, 2.75) is 20.4 Å². The lowest BCUT2D eigenvalue weighted by Gasteiger charge is -2.08. The van der Waals surface area contributed by atoms with Gasteiger partial charge in [-0.1, -0.05) is 5.16 Å². The van der Waals surface area contributed by atoms with Crippen molar-refractivity contribution in [3.05, 3.63) is 51.3 Å². The number of nitrogens with zero attached hydrogens (tertiary/aromatic N) is 2. The van der Waals surface area contributed by atoms with Crippen molar-refractivity contribution < 1.29 is 14.4 Å². The van der Waals surface area contributed by atoms with Crippen molar-refractivity contribution in [2.75, 3.05) is 0 Å². The zero-order chi connectivity index (χ0) is 13.3. The van der Waals surface area contributed by atoms with Crippen molar-refractivity contribution >= 4 is 5.97 Å². The second kappa shape index (κ2) is 4.48. The van der Waals surface area contributed by atoms with Gasteiger partial charge in [0.1, 0.15) is 17.0 Å². The van der Waals surface area contributed by atoms with Crippen LogP contribution in [0.5, 0.6) is 0 Å². The fourth-order valence-corrected chi connectivity index (χ4v) is 1.68. The lowest BCUT2D eigenvalue weighted by molar-refractivity contribution is 0.0694. The number of rotatable bonds is 3. The van der Waals surface area contributed by atoms with Crippen molar-refractivity contribution in [1.82, 2.24) is 9.72 Å². The maximum atomic E-state index is 12.0. The van der Waals surface area contributed by atoms with Crippen molar-refractivity contribution in [1.29, 1.82) is 0 Å². The minimum absolute atomic E-state index is 0.198. The van der Waals surface area contributed by atoms with Gasteiger partial charge in [0.2, 0.25) is 0 Å². The van der Waals surface area contributed by atoms with Gasteiger partial charge in [-0.15, -0.1) is 0 Å². The molecule has 0 saturated heterocycles. The summed E-state index contributed by atoms with van der Waals surface area (Å²) in [5.41, 5.74) is 0.467. The van der Waals surface area contributed by atoms with Crippen molar-refractivity contribution in [3.8, 4) is 0 Å². The molecule has 2 aromatic heterocycles. The zero-order valence-corrected chi connectivity index (χ0v) is 10.0. The first-order valence-corrected chi connectivity index (χ1v) is 5.35. The standard InChI is InChI=1S/C12H12N2O4/c1-7-3-4-10(12(16)17)11(15)14(7)6-9-5-8(2)18-13-9/h3-5H,6H2,1-2H3,(H,16,17). The minimum atomic E-state index is -1.23. The Hall–Kier alpha value is -2.37. The van der Waals surface area contributed by atoms with E-state index in [0.717, 1.165) is 0 Å². The molecule has 2 heterocycles. The molecular formula is C12H12N2O4. The maximum Gasteiger partial charge on any atom is 0.341 e. The van der Waals surface area contributed by atoms with Gasteiger partial charge in [0.05, 0.1) is 6.54 Å².